The van der Waals surface area contributed by atoms with Gasteiger partial charge < -0.3 is 19.5 Å². The third-order valence-electron chi connectivity index (χ3n) is 4.29. The molecule has 1 fully saturated rings. The highest BCUT2D eigenvalue weighted by atomic mass is 16.3. The van der Waals surface area contributed by atoms with Crippen LogP contribution < -0.4 is 0 Å². The second kappa shape index (κ2) is 6.52. The molecule has 6 nitrogen and oxygen atoms in total. The molecule has 0 aromatic carbocycles. The first-order valence-corrected chi connectivity index (χ1v) is 7.73. The lowest BCUT2D eigenvalue weighted by Crippen LogP contribution is -2.51. The molecule has 1 aliphatic heterocycles. The molecular formula is C16H25N3O3. The van der Waals surface area contributed by atoms with Crippen LogP contribution in [-0.4, -0.2) is 64.1 Å². The van der Waals surface area contributed by atoms with Crippen LogP contribution in [0.4, 0.5) is 0 Å². The number of aromatic nitrogens is 1. The van der Waals surface area contributed by atoms with Crippen LogP contribution in [-0.2, 0) is 4.79 Å². The van der Waals surface area contributed by atoms with Crippen molar-refractivity contribution in [2.24, 2.45) is 0 Å². The van der Waals surface area contributed by atoms with Crippen molar-refractivity contribution in [3.63, 3.8) is 0 Å². The van der Waals surface area contributed by atoms with Crippen LogP contribution in [0.1, 0.15) is 41.6 Å². The van der Waals surface area contributed by atoms with Crippen molar-refractivity contribution < 1.29 is 14.7 Å². The van der Waals surface area contributed by atoms with E-state index in [1.165, 1.54) is 0 Å². The van der Waals surface area contributed by atoms with Crippen LogP contribution in [0.2, 0.25) is 0 Å². The molecule has 0 spiro atoms. The summed E-state index contributed by atoms with van der Waals surface area (Å²) in [5, 5.41) is 8.89. The third-order valence-corrected chi connectivity index (χ3v) is 4.29. The van der Waals surface area contributed by atoms with Crippen molar-refractivity contribution in [2.75, 3.05) is 32.8 Å². The van der Waals surface area contributed by atoms with Crippen LogP contribution in [0.3, 0.4) is 0 Å². The molecule has 0 aliphatic carbocycles. The van der Waals surface area contributed by atoms with Crippen LogP contribution in [0, 0.1) is 13.8 Å². The Bertz CT molecular complexity index is 569. The maximum absolute atomic E-state index is 12.7. The number of carbonyl (C=O) groups is 2. The van der Waals surface area contributed by atoms with E-state index in [4.69, 9.17) is 5.11 Å². The SMILES string of the molecule is Cc1cc(C(=O)N2CCN(C(=O)CO)CC2)c(C)n1C(C)C. The van der Waals surface area contributed by atoms with E-state index < -0.39 is 6.61 Å². The Morgan fingerprint density at radius 3 is 2.14 bits per heavy atom. The number of amides is 2. The van der Waals surface area contributed by atoms with Crippen molar-refractivity contribution in [3.05, 3.63) is 23.0 Å². The van der Waals surface area contributed by atoms with E-state index in [1.54, 1.807) is 9.80 Å². The molecule has 0 bridgehead atoms. The van der Waals surface area contributed by atoms with Crippen LogP contribution in [0.25, 0.3) is 0 Å². The minimum absolute atomic E-state index is 0.0242. The first kappa shape index (κ1) is 16.5. The molecule has 0 radical (unpaired) electrons. The second-order valence-electron chi connectivity index (χ2n) is 6.08. The lowest BCUT2D eigenvalue weighted by molar-refractivity contribution is -0.135. The Hall–Kier alpha value is -1.82. The summed E-state index contributed by atoms with van der Waals surface area (Å²) in [4.78, 5) is 27.6. The normalized spacial score (nSPS) is 15.5. The topological polar surface area (TPSA) is 65.8 Å². The molecule has 0 atom stereocenters. The van der Waals surface area contributed by atoms with Gasteiger partial charge in [0.2, 0.25) is 5.91 Å². The summed E-state index contributed by atoms with van der Waals surface area (Å²) >= 11 is 0. The standard InChI is InChI=1S/C16H25N3O3/c1-11(2)19-12(3)9-14(13(19)4)16(22)18-7-5-17(6-8-18)15(21)10-20/h9,11,20H,5-8,10H2,1-4H3. The molecule has 0 saturated carbocycles. The summed E-state index contributed by atoms with van der Waals surface area (Å²) in [5.41, 5.74) is 2.82. The van der Waals surface area contributed by atoms with Gasteiger partial charge in [0.05, 0.1) is 5.56 Å². The molecule has 2 amide bonds. The predicted octanol–water partition coefficient (Wildman–Crippen LogP) is 0.963. The Morgan fingerprint density at radius 1 is 1.14 bits per heavy atom. The van der Waals surface area contributed by atoms with Crippen molar-refractivity contribution >= 4 is 11.8 Å². The van der Waals surface area contributed by atoms with E-state index >= 15 is 0 Å². The Balaban J connectivity index is 2.11. The number of aliphatic hydroxyl groups is 1. The average molecular weight is 307 g/mol. The molecule has 6 heteroatoms. The average Bonchev–Trinajstić information content (AvgIpc) is 2.80. The Labute approximate surface area is 131 Å². The summed E-state index contributed by atoms with van der Waals surface area (Å²) in [6.45, 7) is 9.71. The lowest BCUT2D eigenvalue weighted by atomic mass is 10.2. The minimum atomic E-state index is -0.469. The van der Waals surface area contributed by atoms with Gasteiger partial charge >= 0.3 is 0 Å². The summed E-state index contributed by atoms with van der Waals surface area (Å²) in [7, 11) is 0. The highest BCUT2D eigenvalue weighted by Crippen LogP contribution is 2.22. The quantitative estimate of drug-likeness (QED) is 0.904. The number of hydrogen-bond donors (Lipinski definition) is 1. The van der Waals surface area contributed by atoms with Gasteiger partial charge in [-0.3, -0.25) is 9.59 Å². The molecule has 1 aliphatic rings. The number of nitrogens with zero attached hydrogens (tertiary/aromatic N) is 3. The number of aryl methyl sites for hydroxylation is 1. The summed E-state index contributed by atoms with van der Waals surface area (Å²) in [6, 6.07) is 2.27. The zero-order valence-corrected chi connectivity index (χ0v) is 13.8. The minimum Gasteiger partial charge on any atom is -0.387 e. The number of aliphatic hydroxyl groups excluding tert-OH is 1. The fraction of sp³-hybridized carbons (Fsp3) is 0.625. The van der Waals surface area contributed by atoms with E-state index in [0.29, 0.717) is 32.2 Å². The fourth-order valence-corrected chi connectivity index (χ4v) is 3.22. The van der Waals surface area contributed by atoms with E-state index in [0.717, 1.165) is 17.0 Å². The highest BCUT2D eigenvalue weighted by molar-refractivity contribution is 5.96. The van der Waals surface area contributed by atoms with Gasteiger partial charge in [-0.1, -0.05) is 0 Å². The lowest BCUT2D eigenvalue weighted by Gasteiger charge is -2.34. The molecule has 2 heterocycles. The largest absolute Gasteiger partial charge is 0.387 e. The smallest absolute Gasteiger partial charge is 0.255 e. The molecule has 2 rings (SSSR count). The molecule has 22 heavy (non-hydrogen) atoms. The summed E-state index contributed by atoms with van der Waals surface area (Å²) in [5.74, 6) is -0.249. The third kappa shape index (κ3) is 3.02. The van der Waals surface area contributed by atoms with E-state index in [9.17, 15) is 9.59 Å². The summed E-state index contributed by atoms with van der Waals surface area (Å²) in [6.07, 6.45) is 0. The monoisotopic (exact) mass is 307 g/mol. The van der Waals surface area contributed by atoms with Crippen molar-refractivity contribution in [1.82, 2.24) is 14.4 Å². The molecule has 1 aromatic rings. The summed E-state index contributed by atoms with van der Waals surface area (Å²) < 4.78 is 2.17. The van der Waals surface area contributed by atoms with Crippen LogP contribution in [0.15, 0.2) is 6.07 Å². The van der Waals surface area contributed by atoms with Gasteiger partial charge in [-0.25, -0.2) is 0 Å². The molecule has 1 saturated heterocycles. The Kier molecular flexibility index (Phi) is 4.90. The van der Waals surface area contributed by atoms with E-state index in [2.05, 4.69) is 18.4 Å². The molecule has 1 aromatic heterocycles. The van der Waals surface area contributed by atoms with Crippen molar-refractivity contribution in [2.45, 2.75) is 33.7 Å². The first-order valence-electron chi connectivity index (χ1n) is 7.73. The number of piperazine rings is 1. The van der Waals surface area contributed by atoms with Gasteiger partial charge in [0.25, 0.3) is 5.91 Å². The number of hydrogen-bond acceptors (Lipinski definition) is 3. The molecular weight excluding hydrogens is 282 g/mol. The van der Waals surface area contributed by atoms with Gasteiger partial charge in [-0.15, -0.1) is 0 Å². The zero-order valence-electron chi connectivity index (χ0n) is 13.8. The van der Waals surface area contributed by atoms with E-state index in [-0.39, 0.29) is 11.8 Å². The van der Waals surface area contributed by atoms with Gasteiger partial charge in [0.15, 0.2) is 0 Å². The highest BCUT2D eigenvalue weighted by Gasteiger charge is 2.26. The number of rotatable bonds is 3. The van der Waals surface area contributed by atoms with Gasteiger partial charge in [0.1, 0.15) is 6.61 Å². The zero-order chi connectivity index (χ0) is 16.4. The van der Waals surface area contributed by atoms with Gasteiger partial charge in [-0.05, 0) is 33.8 Å². The Morgan fingerprint density at radius 2 is 1.68 bits per heavy atom. The molecule has 1 N–H and O–H groups in total. The van der Waals surface area contributed by atoms with Crippen molar-refractivity contribution in [3.8, 4) is 0 Å². The second-order valence-corrected chi connectivity index (χ2v) is 6.08. The van der Waals surface area contributed by atoms with Crippen LogP contribution in [0.5, 0.6) is 0 Å². The maximum atomic E-state index is 12.7. The fourth-order valence-electron chi connectivity index (χ4n) is 3.22. The molecule has 122 valence electrons. The van der Waals surface area contributed by atoms with Crippen molar-refractivity contribution in [1.29, 1.82) is 0 Å². The molecule has 0 unspecified atom stereocenters. The van der Waals surface area contributed by atoms with Gasteiger partial charge in [-0.2, -0.15) is 0 Å². The first-order chi connectivity index (χ1) is 10.4. The maximum Gasteiger partial charge on any atom is 0.255 e. The van der Waals surface area contributed by atoms with Gasteiger partial charge in [0, 0.05) is 43.6 Å². The van der Waals surface area contributed by atoms with Crippen LogP contribution >= 0.6 is 0 Å². The predicted molar refractivity (Wildman–Crippen MR) is 83.9 cm³/mol. The van der Waals surface area contributed by atoms with E-state index in [1.807, 2.05) is 19.9 Å². The number of carbonyl (C=O) groups excluding carboxylic acids is 2.